The van der Waals surface area contributed by atoms with E-state index in [2.05, 4.69) is 12.2 Å². The molecule has 1 aliphatic rings. The zero-order valence-corrected chi connectivity index (χ0v) is 10.4. The second kappa shape index (κ2) is 6.86. The number of hydrogen-bond donors (Lipinski definition) is 2. The molecule has 3 atom stereocenters. The van der Waals surface area contributed by atoms with Crippen molar-refractivity contribution in [3.8, 4) is 0 Å². The lowest BCUT2D eigenvalue weighted by atomic mass is 9.99. The molecule has 94 valence electrons. The molecule has 2 unspecified atom stereocenters. The van der Waals surface area contributed by atoms with Gasteiger partial charge in [0.05, 0.1) is 12.1 Å². The Hall–Kier alpha value is -0.610. The van der Waals surface area contributed by atoms with Crippen molar-refractivity contribution in [1.29, 1.82) is 0 Å². The fourth-order valence-corrected chi connectivity index (χ4v) is 2.18. The van der Waals surface area contributed by atoms with Gasteiger partial charge in [-0.3, -0.25) is 4.79 Å². The smallest absolute Gasteiger partial charge is 0.236 e. The van der Waals surface area contributed by atoms with Gasteiger partial charge in [0.2, 0.25) is 5.91 Å². The van der Waals surface area contributed by atoms with E-state index >= 15 is 0 Å². The van der Waals surface area contributed by atoms with Crippen molar-refractivity contribution >= 4 is 5.91 Å². The zero-order valence-electron chi connectivity index (χ0n) is 10.4. The Bertz CT molecular complexity index is 221. The average molecular weight is 228 g/mol. The van der Waals surface area contributed by atoms with Gasteiger partial charge in [-0.1, -0.05) is 20.3 Å². The third-order valence-corrected chi connectivity index (χ3v) is 3.22. The highest BCUT2D eigenvalue weighted by Crippen LogP contribution is 2.22. The van der Waals surface area contributed by atoms with Crippen molar-refractivity contribution in [3.05, 3.63) is 0 Å². The number of amides is 1. The summed E-state index contributed by atoms with van der Waals surface area (Å²) >= 11 is 0. The number of hydrogen-bond acceptors (Lipinski definition) is 3. The summed E-state index contributed by atoms with van der Waals surface area (Å²) in [5.41, 5.74) is 5.74. The number of nitrogens with two attached hydrogens (primary N) is 1. The summed E-state index contributed by atoms with van der Waals surface area (Å²) in [5.74, 6) is 0.436. The van der Waals surface area contributed by atoms with E-state index in [4.69, 9.17) is 10.5 Å². The molecule has 1 heterocycles. The third kappa shape index (κ3) is 3.76. The highest BCUT2D eigenvalue weighted by molar-refractivity contribution is 5.81. The molecule has 1 saturated heterocycles. The van der Waals surface area contributed by atoms with Crippen LogP contribution in [0.15, 0.2) is 0 Å². The quantitative estimate of drug-likeness (QED) is 0.714. The first kappa shape index (κ1) is 13.5. The summed E-state index contributed by atoms with van der Waals surface area (Å²) in [7, 11) is 0. The van der Waals surface area contributed by atoms with Gasteiger partial charge in [0.25, 0.3) is 0 Å². The van der Waals surface area contributed by atoms with Gasteiger partial charge in [0.1, 0.15) is 0 Å². The van der Waals surface area contributed by atoms with Gasteiger partial charge in [0.15, 0.2) is 0 Å². The Kier molecular flexibility index (Phi) is 5.77. The third-order valence-electron chi connectivity index (χ3n) is 3.22. The van der Waals surface area contributed by atoms with Gasteiger partial charge in [-0.25, -0.2) is 0 Å². The van der Waals surface area contributed by atoms with Gasteiger partial charge >= 0.3 is 0 Å². The Morgan fingerprint density at radius 3 is 2.94 bits per heavy atom. The second-order valence-corrected chi connectivity index (χ2v) is 4.51. The molecule has 0 radical (unpaired) electrons. The largest absolute Gasteiger partial charge is 0.378 e. The van der Waals surface area contributed by atoms with E-state index in [0.717, 1.165) is 32.3 Å². The Labute approximate surface area is 97.9 Å². The van der Waals surface area contributed by atoms with E-state index < -0.39 is 0 Å². The number of nitrogens with one attached hydrogen (secondary N) is 1. The number of carbonyl (C=O) groups is 1. The molecule has 0 aromatic heterocycles. The summed E-state index contributed by atoms with van der Waals surface area (Å²) in [5, 5.41) is 2.93. The van der Waals surface area contributed by atoms with Crippen molar-refractivity contribution < 1.29 is 9.53 Å². The summed E-state index contributed by atoms with van der Waals surface area (Å²) in [4.78, 5) is 11.6. The van der Waals surface area contributed by atoms with Crippen LogP contribution in [0.1, 0.15) is 39.5 Å². The molecule has 16 heavy (non-hydrogen) atoms. The summed E-state index contributed by atoms with van der Waals surface area (Å²) < 4.78 is 5.57. The van der Waals surface area contributed by atoms with Crippen molar-refractivity contribution in [2.24, 2.45) is 11.7 Å². The molecule has 0 aromatic carbocycles. The van der Waals surface area contributed by atoms with Gasteiger partial charge in [-0.15, -0.1) is 0 Å². The van der Waals surface area contributed by atoms with Gasteiger partial charge < -0.3 is 15.8 Å². The molecule has 3 N–H and O–H groups in total. The number of ether oxygens (including phenoxy) is 1. The lowest BCUT2D eigenvalue weighted by molar-refractivity contribution is -0.122. The topological polar surface area (TPSA) is 64.4 Å². The summed E-state index contributed by atoms with van der Waals surface area (Å²) in [6.45, 7) is 5.67. The average Bonchev–Trinajstić information content (AvgIpc) is 2.73. The Morgan fingerprint density at radius 2 is 2.31 bits per heavy atom. The van der Waals surface area contributed by atoms with Crippen molar-refractivity contribution in [1.82, 2.24) is 5.32 Å². The summed E-state index contributed by atoms with van der Waals surface area (Å²) in [6, 6.07) is -0.354. The normalized spacial score (nSPS) is 26.7. The molecule has 1 aliphatic heterocycles. The van der Waals surface area contributed by atoms with E-state index in [9.17, 15) is 4.79 Å². The van der Waals surface area contributed by atoms with Crippen LogP contribution in [0, 0.1) is 5.92 Å². The molecule has 0 aromatic rings. The van der Waals surface area contributed by atoms with Crippen LogP contribution in [0.25, 0.3) is 0 Å². The van der Waals surface area contributed by atoms with Crippen molar-refractivity contribution in [2.75, 3.05) is 13.2 Å². The molecule has 4 nitrogen and oxygen atoms in total. The molecule has 0 spiro atoms. The van der Waals surface area contributed by atoms with Crippen LogP contribution < -0.4 is 11.1 Å². The van der Waals surface area contributed by atoms with E-state index in [1.807, 2.05) is 6.92 Å². The van der Waals surface area contributed by atoms with Crippen LogP contribution in [-0.2, 0) is 9.53 Å². The van der Waals surface area contributed by atoms with E-state index in [-0.39, 0.29) is 11.9 Å². The highest BCUT2D eigenvalue weighted by atomic mass is 16.5. The van der Waals surface area contributed by atoms with Crippen LogP contribution in [0.4, 0.5) is 0 Å². The Balaban J connectivity index is 2.25. The van der Waals surface area contributed by atoms with Crippen LogP contribution in [0.5, 0.6) is 0 Å². The highest BCUT2D eigenvalue weighted by Gasteiger charge is 2.27. The summed E-state index contributed by atoms with van der Waals surface area (Å²) in [6.07, 6.45) is 4.06. The maximum Gasteiger partial charge on any atom is 0.236 e. The first-order chi connectivity index (χ1) is 7.69. The van der Waals surface area contributed by atoms with Gasteiger partial charge in [0, 0.05) is 19.1 Å². The zero-order chi connectivity index (χ0) is 12.0. The van der Waals surface area contributed by atoms with Crippen LogP contribution in [0.2, 0.25) is 0 Å². The maximum absolute atomic E-state index is 11.6. The first-order valence-electron chi connectivity index (χ1n) is 6.33. The number of carbonyl (C=O) groups excluding carboxylic acids is 1. The van der Waals surface area contributed by atoms with E-state index in [1.165, 1.54) is 0 Å². The minimum absolute atomic E-state index is 0.0244. The van der Waals surface area contributed by atoms with Crippen molar-refractivity contribution in [2.45, 2.75) is 51.7 Å². The predicted octanol–water partition coefficient (Wildman–Crippen LogP) is 1.05. The SMILES string of the molecule is CCC[C@@H](N)C(=O)NCC1CCOC1CC. The minimum Gasteiger partial charge on any atom is -0.378 e. The van der Waals surface area contributed by atoms with Crippen molar-refractivity contribution in [3.63, 3.8) is 0 Å². The molecular weight excluding hydrogens is 204 g/mol. The monoisotopic (exact) mass is 228 g/mol. The molecule has 0 saturated carbocycles. The van der Waals surface area contributed by atoms with Gasteiger partial charge in [-0.05, 0) is 19.3 Å². The number of rotatable bonds is 6. The lowest BCUT2D eigenvalue weighted by Crippen LogP contribution is -2.43. The fourth-order valence-electron chi connectivity index (χ4n) is 2.18. The van der Waals surface area contributed by atoms with Crippen LogP contribution in [0.3, 0.4) is 0 Å². The predicted molar refractivity (Wildman–Crippen MR) is 64.0 cm³/mol. The molecule has 0 aliphatic carbocycles. The molecule has 4 heteroatoms. The van der Waals surface area contributed by atoms with E-state index in [0.29, 0.717) is 18.6 Å². The Morgan fingerprint density at radius 1 is 1.56 bits per heavy atom. The molecule has 1 rings (SSSR count). The molecule has 0 bridgehead atoms. The van der Waals surface area contributed by atoms with E-state index in [1.54, 1.807) is 0 Å². The standard InChI is InChI=1S/C12H24N2O2/c1-3-5-10(13)12(15)14-8-9-6-7-16-11(9)4-2/h9-11H,3-8,13H2,1-2H3,(H,14,15)/t9?,10-,11?/m1/s1. The van der Waals surface area contributed by atoms with Crippen LogP contribution in [-0.4, -0.2) is 31.2 Å². The van der Waals surface area contributed by atoms with Gasteiger partial charge in [-0.2, -0.15) is 0 Å². The minimum atomic E-state index is -0.354. The molecule has 1 amide bonds. The van der Waals surface area contributed by atoms with Crippen LogP contribution >= 0.6 is 0 Å². The molecular formula is C12H24N2O2. The lowest BCUT2D eigenvalue weighted by Gasteiger charge is -2.18. The second-order valence-electron chi connectivity index (χ2n) is 4.51. The molecule has 1 fully saturated rings. The maximum atomic E-state index is 11.6. The first-order valence-corrected chi connectivity index (χ1v) is 6.33. The fraction of sp³-hybridized carbons (Fsp3) is 0.917.